The molecule has 108 valence electrons. The van der Waals surface area contributed by atoms with Gasteiger partial charge in [0.15, 0.2) is 0 Å². The molecule has 1 aromatic carbocycles. The van der Waals surface area contributed by atoms with Gasteiger partial charge in [-0.2, -0.15) is 0 Å². The molecule has 1 aromatic rings. The minimum atomic E-state index is -0.943. The third kappa shape index (κ3) is 3.09. The number of carbonyl (C=O) groups excluding carboxylic acids is 1. The normalized spacial score (nSPS) is 21.7. The maximum Gasteiger partial charge on any atom is 0.272 e. The molecule has 2 atom stereocenters. The van der Waals surface area contributed by atoms with Crippen LogP contribution in [0, 0.1) is 21.8 Å². The van der Waals surface area contributed by atoms with Crippen molar-refractivity contribution in [2.45, 2.75) is 6.10 Å². The predicted octanol–water partition coefficient (Wildman–Crippen LogP) is 0.0440. The SMILES string of the molecule is O=C(NCC1CNCC1O)c1ccc([N+](=O)[O-])cc1F. The number of nitrogens with zero attached hydrogens (tertiary/aromatic N) is 1. The first-order valence-electron chi connectivity index (χ1n) is 6.10. The van der Waals surface area contributed by atoms with Gasteiger partial charge in [-0.1, -0.05) is 0 Å². The number of rotatable bonds is 4. The molecule has 0 aliphatic carbocycles. The van der Waals surface area contributed by atoms with Crippen LogP contribution < -0.4 is 10.6 Å². The molecule has 1 aliphatic heterocycles. The molecule has 0 bridgehead atoms. The third-order valence-corrected chi connectivity index (χ3v) is 3.24. The van der Waals surface area contributed by atoms with Gasteiger partial charge < -0.3 is 15.7 Å². The second kappa shape index (κ2) is 5.93. The lowest BCUT2D eigenvalue weighted by molar-refractivity contribution is -0.385. The lowest BCUT2D eigenvalue weighted by atomic mass is 10.1. The monoisotopic (exact) mass is 283 g/mol. The van der Waals surface area contributed by atoms with E-state index in [9.17, 15) is 24.4 Å². The summed E-state index contributed by atoms with van der Waals surface area (Å²) in [5, 5.41) is 25.5. The van der Waals surface area contributed by atoms with E-state index in [1.807, 2.05) is 0 Å². The summed E-state index contributed by atoms with van der Waals surface area (Å²) >= 11 is 0. The van der Waals surface area contributed by atoms with Crippen LogP contribution in [-0.2, 0) is 0 Å². The maximum absolute atomic E-state index is 13.6. The van der Waals surface area contributed by atoms with Crippen LogP contribution in [0.5, 0.6) is 0 Å². The fourth-order valence-electron chi connectivity index (χ4n) is 2.05. The van der Waals surface area contributed by atoms with Crippen molar-refractivity contribution in [2.24, 2.45) is 5.92 Å². The Bertz CT molecular complexity index is 537. The number of aliphatic hydroxyl groups is 1. The molecule has 8 heteroatoms. The fourth-order valence-corrected chi connectivity index (χ4v) is 2.05. The van der Waals surface area contributed by atoms with Gasteiger partial charge in [0, 0.05) is 31.6 Å². The number of amides is 1. The molecule has 20 heavy (non-hydrogen) atoms. The van der Waals surface area contributed by atoms with E-state index in [4.69, 9.17) is 0 Å². The van der Waals surface area contributed by atoms with E-state index < -0.39 is 28.4 Å². The average Bonchev–Trinajstić information content (AvgIpc) is 2.81. The van der Waals surface area contributed by atoms with Crippen molar-refractivity contribution in [3.8, 4) is 0 Å². The van der Waals surface area contributed by atoms with Gasteiger partial charge >= 0.3 is 0 Å². The molecule has 0 radical (unpaired) electrons. The molecular formula is C12H14FN3O4. The second-order valence-corrected chi connectivity index (χ2v) is 4.62. The van der Waals surface area contributed by atoms with Crippen LogP contribution in [-0.4, -0.2) is 41.7 Å². The number of carbonyl (C=O) groups is 1. The molecule has 0 saturated carbocycles. The van der Waals surface area contributed by atoms with E-state index in [1.165, 1.54) is 0 Å². The summed E-state index contributed by atoms with van der Waals surface area (Å²) in [5.74, 6) is -1.72. The van der Waals surface area contributed by atoms with Crippen molar-refractivity contribution in [3.05, 3.63) is 39.7 Å². The van der Waals surface area contributed by atoms with Gasteiger partial charge in [0.25, 0.3) is 11.6 Å². The van der Waals surface area contributed by atoms with Gasteiger partial charge in [0.05, 0.1) is 22.7 Å². The number of hydrogen-bond donors (Lipinski definition) is 3. The van der Waals surface area contributed by atoms with Gasteiger partial charge in [-0.25, -0.2) is 4.39 Å². The van der Waals surface area contributed by atoms with Crippen molar-refractivity contribution in [1.82, 2.24) is 10.6 Å². The lowest BCUT2D eigenvalue weighted by Gasteiger charge is -2.14. The fraction of sp³-hybridized carbons (Fsp3) is 0.417. The van der Waals surface area contributed by atoms with Gasteiger partial charge in [-0.3, -0.25) is 14.9 Å². The van der Waals surface area contributed by atoms with Crippen molar-refractivity contribution in [3.63, 3.8) is 0 Å². The Labute approximate surface area is 113 Å². The number of halogens is 1. The van der Waals surface area contributed by atoms with Crippen LogP contribution in [0.2, 0.25) is 0 Å². The van der Waals surface area contributed by atoms with Crippen LogP contribution in [0.25, 0.3) is 0 Å². The second-order valence-electron chi connectivity index (χ2n) is 4.62. The minimum Gasteiger partial charge on any atom is -0.391 e. The van der Waals surface area contributed by atoms with E-state index in [0.29, 0.717) is 19.2 Å². The average molecular weight is 283 g/mol. The van der Waals surface area contributed by atoms with Gasteiger partial charge in [0.1, 0.15) is 5.82 Å². The summed E-state index contributed by atoms with van der Waals surface area (Å²) in [7, 11) is 0. The van der Waals surface area contributed by atoms with Crippen molar-refractivity contribution < 1.29 is 19.2 Å². The van der Waals surface area contributed by atoms with E-state index in [2.05, 4.69) is 10.6 Å². The molecule has 1 fully saturated rings. The van der Waals surface area contributed by atoms with Gasteiger partial charge in [-0.15, -0.1) is 0 Å². The summed E-state index contributed by atoms with van der Waals surface area (Å²) in [6, 6.07) is 2.86. The number of aliphatic hydroxyl groups excluding tert-OH is 1. The number of non-ortho nitro benzene ring substituents is 1. The molecule has 0 spiro atoms. The predicted molar refractivity (Wildman–Crippen MR) is 67.8 cm³/mol. The largest absolute Gasteiger partial charge is 0.391 e. The summed E-state index contributed by atoms with van der Waals surface area (Å²) in [4.78, 5) is 21.5. The molecular weight excluding hydrogens is 269 g/mol. The first-order valence-corrected chi connectivity index (χ1v) is 6.10. The van der Waals surface area contributed by atoms with Crippen LogP contribution in [0.15, 0.2) is 18.2 Å². The van der Waals surface area contributed by atoms with Crippen molar-refractivity contribution in [1.29, 1.82) is 0 Å². The Morgan fingerprint density at radius 3 is 2.85 bits per heavy atom. The Hall–Kier alpha value is -2.06. The zero-order valence-electron chi connectivity index (χ0n) is 10.5. The Kier molecular flexibility index (Phi) is 4.26. The zero-order valence-corrected chi connectivity index (χ0v) is 10.5. The van der Waals surface area contributed by atoms with Gasteiger partial charge in [-0.05, 0) is 6.07 Å². The summed E-state index contributed by atoms with van der Waals surface area (Å²) in [6.45, 7) is 1.25. The summed E-state index contributed by atoms with van der Waals surface area (Å²) in [5.41, 5.74) is -0.662. The van der Waals surface area contributed by atoms with Gasteiger partial charge in [0.2, 0.25) is 0 Å². The van der Waals surface area contributed by atoms with Crippen LogP contribution in [0.1, 0.15) is 10.4 Å². The standard InChI is InChI=1S/C12H14FN3O4/c13-10-3-8(16(19)20)1-2-9(10)12(18)15-5-7-4-14-6-11(7)17/h1-3,7,11,14,17H,4-6H2,(H,15,18). The van der Waals surface area contributed by atoms with Crippen LogP contribution in [0.4, 0.5) is 10.1 Å². The third-order valence-electron chi connectivity index (χ3n) is 3.24. The number of nitro groups is 1. The molecule has 1 heterocycles. The highest BCUT2D eigenvalue weighted by Crippen LogP contribution is 2.16. The van der Waals surface area contributed by atoms with E-state index in [1.54, 1.807) is 0 Å². The molecule has 7 nitrogen and oxygen atoms in total. The number of hydrogen-bond acceptors (Lipinski definition) is 5. The Balaban J connectivity index is 2.00. The molecule has 1 saturated heterocycles. The van der Waals surface area contributed by atoms with Crippen LogP contribution in [0.3, 0.4) is 0 Å². The molecule has 2 unspecified atom stereocenters. The first kappa shape index (κ1) is 14.4. The topological polar surface area (TPSA) is 104 Å². The van der Waals surface area contributed by atoms with E-state index >= 15 is 0 Å². The lowest BCUT2D eigenvalue weighted by Crippen LogP contribution is -2.34. The van der Waals surface area contributed by atoms with Crippen LogP contribution >= 0.6 is 0 Å². The maximum atomic E-state index is 13.6. The Morgan fingerprint density at radius 1 is 1.55 bits per heavy atom. The summed E-state index contributed by atoms with van der Waals surface area (Å²) < 4.78 is 13.6. The molecule has 3 N–H and O–H groups in total. The molecule has 1 amide bonds. The Morgan fingerprint density at radius 2 is 2.30 bits per heavy atom. The number of nitrogens with one attached hydrogen (secondary N) is 2. The minimum absolute atomic E-state index is 0.125. The molecule has 2 rings (SSSR count). The van der Waals surface area contributed by atoms with E-state index in [0.717, 1.165) is 12.1 Å². The van der Waals surface area contributed by atoms with Crippen molar-refractivity contribution in [2.75, 3.05) is 19.6 Å². The zero-order chi connectivity index (χ0) is 14.7. The number of benzene rings is 1. The molecule has 1 aliphatic rings. The highest BCUT2D eigenvalue weighted by Gasteiger charge is 2.25. The smallest absolute Gasteiger partial charge is 0.272 e. The highest BCUT2D eigenvalue weighted by atomic mass is 19.1. The molecule has 0 aromatic heterocycles. The highest BCUT2D eigenvalue weighted by molar-refractivity contribution is 5.94. The number of β-amino-alcohol motifs (C(OH)–C–C–N with tert-alkyl or cyclic N) is 1. The summed E-state index contributed by atoms with van der Waals surface area (Å²) in [6.07, 6.45) is -0.544. The first-order chi connectivity index (χ1) is 9.49. The van der Waals surface area contributed by atoms with Crippen molar-refractivity contribution >= 4 is 11.6 Å². The van der Waals surface area contributed by atoms with E-state index in [-0.39, 0.29) is 18.0 Å². The number of nitro benzene ring substituents is 1. The quantitative estimate of drug-likeness (QED) is 0.535.